The van der Waals surface area contributed by atoms with E-state index in [0.717, 1.165) is 6.04 Å². The van der Waals surface area contributed by atoms with E-state index in [1.807, 2.05) is 0 Å². The van der Waals surface area contributed by atoms with E-state index < -0.39 is 0 Å². The number of nitrogens with one attached hydrogen (secondary N) is 1. The van der Waals surface area contributed by atoms with Crippen molar-refractivity contribution >= 4 is 0 Å². The van der Waals surface area contributed by atoms with Crippen molar-refractivity contribution in [2.75, 3.05) is 6.54 Å². The lowest BCUT2D eigenvalue weighted by Crippen LogP contribution is -2.16. The summed E-state index contributed by atoms with van der Waals surface area (Å²) in [6.45, 7) is 3.47. The van der Waals surface area contributed by atoms with E-state index >= 15 is 0 Å². The minimum Gasteiger partial charge on any atom is -0.314 e. The summed E-state index contributed by atoms with van der Waals surface area (Å²) in [4.78, 5) is 0. The third kappa shape index (κ3) is 1.93. The molecule has 0 aromatic carbocycles. The van der Waals surface area contributed by atoms with Crippen LogP contribution in [-0.4, -0.2) is 12.6 Å². The molecule has 1 atom stereocenters. The summed E-state index contributed by atoms with van der Waals surface area (Å²) < 4.78 is 0. The molecule has 0 aromatic heterocycles. The molecule has 0 spiro atoms. The predicted octanol–water partition coefficient (Wildman–Crippen LogP) is 1.39. The summed E-state index contributed by atoms with van der Waals surface area (Å²) in [6, 6.07) is 0.796. The molecular weight excluding hydrogens is 86.1 g/mol. The van der Waals surface area contributed by atoms with Crippen LogP contribution in [0.2, 0.25) is 0 Å². The molecule has 0 aliphatic carbocycles. The monoisotopic (exact) mass is 101 g/mol. The highest BCUT2D eigenvalue weighted by molar-refractivity contribution is 4.67. The fraction of sp³-hybridized carbons (Fsp3) is 1.00. The van der Waals surface area contributed by atoms with Gasteiger partial charge < -0.3 is 5.32 Å². The fourth-order valence-electron chi connectivity index (χ4n) is 0.859. The molecule has 0 bridgehead atoms. The van der Waals surface area contributed by atoms with Crippen LogP contribution in [0.5, 0.6) is 0 Å². The summed E-state index contributed by atoms with van der Waals surface area (Å²) in [5, 5.41) is 3.32. The molecule has 0 amide bonds. The second-order valence-electron chi connectivity index (χ2n) is 2.00. The molecule has 44 valence electrons. The molecular formula is C6H15N. The topological polar surface area (TPSA) is 12.0 Å². The minimum atomic E-state index is 0. The van der Waals surface area contributed by atoms with E-state index in [1.165, 1.54) is 19.4 Å². The van der Waals surface area contributed by atoms with Gasteiger partial charge in [0, 0.05) is 6.04 Å². The summed E-state index contributed by atoms with van der Waals surface area (Å²) in [6.07, 6.45) is 2.75. The van der Waals surface area contributed by atoms with Crippen LogP contribution in [0, 0.1) is 0 Å². The molecule has 1 heteroatoms. The Kier molecular flexibility index (Phi) is 3.01. The molecule has 1 rings (SSSR count). The second-order valence-corrected chi connectivity index (χ2v) is 2.00. The highest BCUT2D eigenvalue weighted by Crippen LogP contribution is 2.01. The Morgan fingerprint density at radius 3 is 2.43 bits per heavy atom. The van der Waals surface area contributed by atoms with E-state index in [1.54, 1.807) is 0 Å². The molecule has 0 radical (unpaired) electrons. The van der Waals surface area contributed by atoms with Gasteiger partial charge in [-0.25, -0.2) is 0 Å². The van der Waals surface area contributed by atoms with Gasteiger partial charge in [-0.05, 0) is 26.3 Å². The molecule has 1 aliphatic rings. The van der Waals surface area contributed by atoms with E-state index in [2.05, 4.69) is 12.2 Å². The predicted molar refractivity (Wildman–Crippen MR) is 33.4 cm³/mol. The zero-order chi connectivity index (χ0) is 4.41. The summed E-state index contributed by atoms with van der Waals surface area (Å²) in [7, 11) is 0. The summed E-state index contributed by atoms with van der Waals surface area (Å²) >= 11 is 0. The van der Waals surface area contributed by atoms with Crippen LogP contribution in [-0.2, 0) is 0 Å². The Balaban J connectivity index is 0.000000360. The summed E-state index contributed by atoms with van der Waals surface area (Å²) in [5.41, 5.74) is 0. The SMILES string of the molecule is C.C[C@H]1CCCN1. The van der Waals surface area contributed by atoms with Gasteiger partial charge in [-0.1, -0.05) is 7.43 Å². The molecule has 1 nitrogen and oxygen atoms in total. The number of hydrogen-bond donors (Lipinski definition) is 1. The Hall–Kier alpha value is -0.0400. The lowest BCUT2D eigenvalue weighted by Gasteiger charge is -1.95. The fourth-order valence-corrected chi connectivity index (χ4v) is 0.859. The first kappa shape index (κ1) is 6.96. The van der Waals surface area contributed by atoms with E-state index in [-0.39, 0.29) is 7.43 Å². The lowest BCUT2D eigenvalue weighted by atomic mass is 10.3. The maximum Gasteiger partial charge on any atom is 0.00391 e. The molecule has 1 N–H and O–H groups in total. The Morgan fingerprint density at radius 1 is 1.57 bits per heavy atom. The Labute approximate surface area is 46.1 Å². The van der Waals surface area contributed by atoms with Gasteiger partial charge in [-0.2, -0.15) is 0 Å². The average molecular weight is 101 g/mol. The van der Waals surface area contributed by atoms with Crippen molar-refractivity contribution in [2.45, 2.75) is 33.2 Å². The molecule has 0 aromatic rings. The Morgan fingerprint density at radius 2 is 2.29 bits per heavy atom. The van der Waals surface area contributed by atoms with Crippen molar-refractivity contribution in [2.24, 2.45) is 0 Å². The van der Waals surface area contributed by atoms with Crippen LogP contribution in [0.25, 0.3) is 0 Å². The van der Waals surface area contributed by atoms with E-state index in [4.69, 9.17) is 0 Å². The molecule has 1 heterocycles. The highest BCUT2D eigenvalue weighted by Gasteiger charge is 2.05. The van der Waals surface area contributed by atoms with Gasteiger partial charge in [-0.3, -0.25) is 0 Å². The van der Waals surface area contributed by atoms with Crippen molar-refractivity contribution in [1.29, 1.82) is 0 Å². The number of rotatable bonds is 0. The van der Waals surface area contributed by atoms with Crippen molar-refractivity contribution in [3.05, 3.63) is 0 Å². The quantitative estimate of drug-likeness (QED) is 0.486. The first-order valence-electron chi connectivity index (χ1n) is 2.63. The molecule has 0 unspecified atom stereocenters. The van der Waals surface area contributed by atoms with E-state index in [0.29, 0.717) is 0 Å². The third-order valence-corrected chi connectivity index (χ3v) is 1.31. The summed E-state index contributed by atoms with van der Waals surface area (Å²) in [5.74, 6) is 0. The van der Waals surface area contributed by atoms with Gasteiger partial charge in [0.05, 0.1) is 0 Å². The largest absolute Gasteiger partial charge is 0.314 e. The van der Waals surface area contributed by atoms with Crippen LogP contribution in [0.1, 0.15) is 27.2 Å². The van der Waals surface area contributed by atoms with Crippen molar-refractivity contribution in [3.8, 4) is 0 Å². The van der Waals surface area contributed by atoms with E-state index in [9.17, 15) is 0 Å². The first-order valence-corrected chi connectivity index (χ1v) is 2.63. The number of hydrogen-bond acceptors (Lipinski definition) is 1. The molecule has 7 heavy (non-hydrogen) atoms. The Bertz CT molecular complexity index is 37.4. The van der Waals surface area contributed by atoms with Crippen LogP contribution in [0.3, 0.4) is 0 Å². The van der Waals surface area contributed by atoms with Gasteiger partial charge in [-0.15, -0.1) is 0 Å². The van der Waals surface area contributed by atoms with Gasteiger partial charge in [0.25, 0.3) is 0 Å². The molecule has 1 saturated heterocycles. The van der Waals surface area contributed by atoms with Crippen LogP contribution >= 0.6 is 0 Å². The van der Waals surface area contributed by atoms with Gasteiger partial charge in [0.1, 0.15) is 0 Å². The van der Waals surface area contributed by atoms with Crippen LogP contribution in [0.15, 0.2) is 0 Å². The maximum absolute atomic E-state index is 3.32. The highest BCUT2D eigenvalue weighted by atomic mass is 14.9. The second kappa shape index (κ2) is 3.03. The molecule has 1 aliphatic heterocycles. The lowest BCUT2D eigenvalue weighted by molar-refractivity contribution is 0.664. The van der Waals surface area contributed by atoms with Gasteiger partial charge in [0.2, 0.25) is 0 Å². The third-order valence-electron chi connectivity index (χ3n) is 1.31. The molecule has 1 fully saturated rings. The van der Waals surface area contributed by atoms with Gasteiger partial charge >= 0.3 is 0 Å². The standard InChI is InChI=1S/C5H11N.CH4/c1-5-3-2-4-6-5;/h5-6H,2-4H2,1H3;1H4/t5-;/m0./s1. The molecule has 0 saturated carbocycles. The zero-order valence-corrected chi connectivity index (χ0v) is 4.20. The average Bonchev–Trinajstić information content (AvgIpc) is 1.86. The van der Waals surface area contributed by atoms with Crippen molar-refractivity contribution in [3.63, 3.8) is 0 Å². The first-order chi connectivity index (χ1) is 2.89. The van der Waals surface area contributed by atoms with Crippen molar-refractivity contribution in [1.82, 2.24) is 5.32 Å². The zero-order valence-electron chi connectivity index (χ0n) is 4.20. The van der Waals surface area contributed by atoms with Crippen molar-refractivity contribution < 1.29 is 0 Å². The normalized spacial score (nSPS) is 29.6. The van der Waals surface area contributed by atoms with Crippen LogP contribution in [0.4, 0.5) is 0 Å². The van der Waals surface area contributed by atoms with Crippen LogP contribution < -0.4 is 5.32 Å². The minimum absolute atomic E-state index is 0. The maximum atomic E-state index is 3.32. The van der Waals surface area contributed by atoms with Gasteiger partial charge in [0.15, 0.2) is 0 Å². The smallest absolute Gasteiger partial charge is 0.00391 e.